The van der Waals surface area contributed by atoms with Gasteiger partial charge >= 0.3 is 0 Å². The normalized spacial score (nSPS) is 11.6. The first-order chi connectivity index (χ1) is 13.1. The first-order valence-corrected chi connectivity index (χ1v) is 8.89. The first-order valence-electron chi connectivity index (χ1n) is 8.89. The maximum Gasteiger partial charge on any atom is 0.226 e. The molecule has 138 valence electrons. The van der Waals surface area contributed by atoms with Crippen LogP contribution >= 0.6 is 0 Å². The molecule has 5 nitrogen and oxygen atoms in total. The number of carbonyl (C=O) groups is 1. The minimum Gasteiger partial charge on any atom is -0.439 e. The van der Waals surface area contributed by atoms with E-state index in [0.29, 0.717) is 24.5 Å². The molecule has 0 bridgehead atoms. The van der Waals surface area contributed by atoms with Gasteiger partial charge in [0.15, 0.2) is 0 Å². The SMILES string of the molecule is CN(C(=O)CC[C@H](N)c1ccccc1)c1ccc(Oc2ccccn2)cc1. The molecular weight excluding hydrogens is 338 g/mol. The van der Waals surface area contributed by atoms with E-state index in [2.05, 4.69) is 4.98 Å². The molecule has 0 fully saturated rings. The van der Waals surface area contributed by atoms with Crippen LogP contribution < -0.4 is 15.4 Å². The molecular formula is C22H23N3O2. The highest BCUT2D eigenvalue weighted by Crippen LogP contribution is 2.23. The van der Waals surface area contributed by atoms with Crippen molar-refractivity contribution in [2.75, 3.05) is 11.9 Å². The van der Waals surface area contributed by atoms with E-state index in [9.17, 15) is 4.79 Å². The van der Waals surface area contributed by atoms with E-state index in [1.165, 1.54) is 0 Å². The molecule has 27 heavy (non-hydrogen) atoms. The number of anilines is 1. The van der Waals surface area contributed by atoms with Gasteiger partial charge in [-0.1, -0.05) is 36.4 Å². The summed E-state index contributed by atoms with van der Waals surface area (Å²) in [5.74, 6) is 1.23. The second kappa shape index (κ2) is 8.96. The number of rotatable bonds is 7. The Morgan fingerprint density at radius 2 is 1.74 bits per heavy atom. The molecule has 2 aromatic carbocycles. The Bertz CT molecular complexity index is 852. The average molecular weight is 361 g/mol. The standard InChI is InChI=1S/C22H23N3O2/c1-25(22(26)15-14-20(23)17-7-3-2-4-8-17)18-10-12-19(13-11-18)27-21-9-5-6-16-24-21/h2-13,16,20H,14-15,23H2,1H3/t20-/m0/s1. The summed E-state index contributed by atoms with van der Waals surface area (Å²) in [7, 11) is 1.77. The second-order valence-electron chi connectivity index (χ2n) is 6.27. The molecule has 0 aliphatic heterocycles. The number of nitrogens with zero attached hydrogens (tertiary/aromatic N) is 2. The van der Waals surface area contributed by atoms with Crippen molar-refractivity contribution >= 4 is 11.6 Å². The zero-order chi connectivity index (χ0) is 19.1. The van der Waals surface area contributed by atoms with Crippen LogP contribution in [0.15, 0.2) is 79.0 Å². The molecule has 3 rings (SSSR count). The van der Waals surface area contributed by atoms with Crippen LogP contribution in [0.2, 0.25) is 0 Å². The summed E-state index contributed by atoms with van der Waals surface area (Å²) < 4.78 is 5.67. The third kappa shape index (κ3) is 5.15. The van der Waals surface area contributed by atoms with E-state index in [1.54, 1.807) is 24.2 Å². The highest BCUT2D eigenvalue weighted by molar-refractivity contribution is 5.92. The number of nitrogens with two attached hydrogens (primary N) is 1. The van der Waals surface area contributed by atoms with Gasteiger partial charge in [0.05, 0.1) is 0 Å². The van der Waals surface area contributed by atoms with Gasteiger partial charge in [-0.3, -0.25) is 4.79 Å². The molecule has 1 atom stereocenters. The van der Waals surface area contributed by atoms with Crippen molar-refractivity contribution in [1.29, 1.82) is 0 Å². The van der Waals surface area contributed by atoms with Crippen molar-refractivity contribution in [3.05, 3.63) is 84.6 Å². The van der Waals surface area contributed by atoms with Crippen molar-refractivity contribution in [3.63, 3.8) is 0 Å². The van der Waals surface area contributed by atoms with Crippen molar-refractivity contribution < 1.29 is 9.53 Å². The van der Waals surface area contributed by atoms with Crippen molar-refractivity contribution in [2.24, 2.45) is 5.73 Å². The predicted octanol–water partition coefficient (Wildman–Crippen LogP) is 4.32. The molecule has 0 aliphatic carbocycles. The number of ether oxygens (including phenoxy) is 1. The number of hydrogen-bond donors (Lipinski definition) is 1. The van der Waals surface area contributed by atoms with Gasteiger partial charge in [0.2, 0.25) is 11.8 Å². The summed E-state index contributed by atoms with van der Waals surface area (Å²) >= 11 is 0. The summed E-state index contributed by atoms with van der Waals surface area (Å²) in [6.45, 7) is 0. The van der Waals surface area contributed by atoms with Gasteiger partial charge in [0, 0.05) is 37.5 Å². The topological polar surface area (TPSA) is 68.5 Å². The van der Waals surface area contributed by atoms with Crippen molar-refractivity contribution in [3.8, 4) is 11.6 Å². The lowest BCUT2D eigenvalue weighted by Crippen LogP contribution is -2.27. The monoisotopic (exact) mass is 361 g/mol. The highest BCUT2D eigenvalue weighted by atomic mass is 16.5. The molecule has 1 heterocycles. The van der Waals surface area contributed by atoms with Gasteiger partial charge < -0.3 is 15.4 Å². The van der Waals surface area contributed by atoms with Crippen LogP contribution in [0.1, 0.15) is 24.4 Å². The number of hydrogen-bond acceptors (Lipinski definition) is 4. The fourth-order valence-corrected chi connectivity index (χ4v) is 2.72. The van der Waals surface area contributed by atoms with Gasteiger partial charge in [-0.25, -0.2) is 4.98 Å². The Morgan fingerprint density at radius 3 is 2.41 bits per heavy atom. The molecule has 0 spiro atoms. The Hall–Kier alpha value is -3.18. The van der Waals surface area contributed by atoms with Crippen molar-refractivity contribution in [1.82, 2.24) is 4.98 Å². The predicted molar refractivity (Wildman–Crippen MR) is 107 cm³/mol. The summed E-state index contributed by atoms with van der Waals surface area (Å²) in [5, 5.41) is 0. The van der Waals surface area contributed by atoms with Crippen LogP contribution in [0.25, 0.3) is 0 Å². The fraction of sp³-hybridized carbons (Fsp3) is 0.182. The molecule has 0 radical (unpaired) electrons. The molecule has 0 saturated carbocycles. The largest absolute Gasteiger partial charge is 0.439 e. The maximum atomic E-state index is 12.5. The van der Waals surface area contributed by atoms with Crippen LogP contribution in [-0.4, -0.2) is 17.9 Å². The fourth-order valence-electron chi connectivity index (χ4n) is 2.72. The number of benzene rings is 2. The molecule has 1 aromatic heterocycles. The smallest absolute Gasteiger partial charge is 0.226 e. The third-order valence-corrected chi connectivity index (χ3v) is 4.36. The number of pyridine rings is 1. The Labute approximate surface area is 159 Å². The van der Waals surface area contributed by atoms with Gasteiger partial charge in [0.1, 0.15) is 5.75 Å². The lowest BCUT2D eigenvalue weighted by molar-refractivity contribution is -0.118. The zero-order valence-corrected chi connectivity index (χ0v) is 15.3. The molecule has 1 amide bonds. The van der Waals surface area contributed by atoms with E-state index in [4.69, 9.17) is 10.5 Å². The van der Waals surface area contributed by atoms with E-state index in [0.717, 1.165) is 11.3 Å². The zero-order valence-electron chi connectivity index (χ0n) is 15.3. The highest BCUT2D eigenvalue weighted by Gasteiger charge is 2.14. The summed E-state index contributed by atoms with van der Waals surface area (Å²) in [6.07, 6.45) is 2.67. The average Bonchev–Trinajstić information content (AvgIpc) is 2.73. The van der Waals surface area contributed by atoms with E-state index >= 15 is 0 Å². The Balaban J connectivity index is 1.55. The van der Waals surface area contributed by atoms with Gasteiger partial charge in [0.25, 0.3) is 0 Å². The molecule has 0 saturated heterocycles. The molecule has 5 heteroatoms. The minimum absolute atomic E-state index is 0.0276. The van der Waals surface area contributed by atoms with Gasteiger partial charge in [-0.2, -0.15) is 0 Å². The molecule has 0 unspecified atom stereocenters. The summed E-state index contributed by atoms with van der Waals surface area (Å²) in [4.78, 5) is 18.3. The van der Waals surface area contributed by atoms with Gasteiger partial charge in [-0.05, 0) is 42.3 Å². The van der Waals surface area contributed by atoms with Crippen LogP contribution in [0.3, 0.4) is 0 Å². The molecule has 3 aromatic rings. The lowest BCUT2D eigenvalue weighted by Gasteiger charge is -2.19. The number of amides is 1. The lowest BCUT2D eigenvalue weighted by atomic mass is 10.0. The van der Waals surface area contributed by atoms with Crippen LogP contribution in [0.5, 0.6) is 11.6 Å². The molecule has 0 aliphatic rings. The summed E-state index contributed by atoms with van der Waals surface area (Å²) in [5.41, 5.74) is 8.03. The Morgan fingerprint density at radius 1 is 1.04 bits per heavy atom. The van der Waals surface area contributed by atoms with Gasteiger partial charge in [-0.15, -0.1) is 0 Å². The van der Waals surface area contributed by atoms with Crippen LogP contribution in [0.4, 0.5) is 5.69 Å². The first kappa shape index (κ1) is 18.6. The molecule has 2 N–H and O–H groups in total. The minimum atomic E-state index is -0.141. The van der Waals surface area contributed by atoms with Crippen LogP contribution in [0, 0.1) is 0 Å². The van der Waals surface area contributed by atoms with Crippen molar-refractivity contribution in [2.45, 2.75) is 18.9 Å². The van der Waals surface area contributed by atoms with Crippen LogP contribution in [-0.2, 0) is 4.79 Å². The Kier molecular flexibility index (Phi) is 6.18. The number of aromatic nitrogens is 1. The summed E-state index contributed by atoms with van der Waals surface area (Å²) in [6, 6.07) is 22.5. The quantitative estimate of drug-likeness (QED) is 0.680. The maximum absolute atomic E-state index is 12.5. The number of carbonyl (C=O) groups excluding carboxylic acids is 1. The second-order valence-corrected chi connectivity index (χ2v) is 6.27. The third-order valence-electron chi connectivity index (χ3n) is 4.36. The van der Waals surface area contributed by atoms with E-state index in [-0.39, 0.29) is 11.9 Å². The van der Waals surface area contributed by atoms with E-state index in [1.807, 2.05) is 66.7 Å². The van der Waals surface area contributed by atoms with E-state index < -0.39 is 0 Å².